The van der Waals surface area contributed by atoms with Crippen LogP contribution in [0.25, 0.3) is 5.76 Å². The number of nitrogens with zero attached hydrogens (tertiary/aromatic N) is 1. The third-order valence-corrected chi connectivity index (χ3v) is 5.97. The van der Waals surface area contributed by atoms with Gasteiger partial charge in [0.2, 0.25) is 5.78 Å². The molecule has 0 aliphatic carbocycles. The Labute approximate surface area is 196 Å². The summed E-state index contributed by atoms with van der Waals surface area (Å²) in [4.78, 5) is 28.8. The van der Waals surface area contributed by atoms with E-state index in [1.807, 2.05) is 14.1 Å². The number of Topliss-reactive ketones (excluding diaryl/α,β-unsaturated/α-hetero) is 1. The lowest BCUT2D eigenvalue weighted by Crippen LogP contribution is -3.05. The van der Waals surface area contributed by atoms with Gasteiger partial charge in [-0.15, -0.1) is 0 Å². The van der Waals surface area contributed by atoms with Gasteiger partial charge < -0.3 is 24.4 Å². The van der Waals surface area contributed by atoms with Gasteiger partial charge in [0.25, 0.3) is 5.91 Å². The van der Waals surface area contributed by atoms with Crippen molar-refractivity contribution in [2.75, 3.05) is 41.4 Å². The van der Waals surface area contributed by atoms with Crippen LogP contribution in [0.3, 0.4) is 0 Å². The predicted molar refractivity (Wildman–Crippen MR) is 122 cm³/mol. The zero-order valence-electron chi connectivity index (χ0n) is 18.6. The van der Waals surface area contributed by atoms with Crippen LogP contribution in [0.15, 0.2) is 52.5 Å². The molecule has 0 bridgehead atoms. The normalized spacial score (nSPS) is 17.8. The molecule has 0 aromatic heterocycles. The molecule has 2 aromatic carbocycles. The van der Waals surface area contributed by atoms with Crippen molar-refractivity contribution >= 4 is 33.4 Å². The molecule has 3 rings (SSSR count). The molecule has 1 amide bonds. The topological polar surface area (TPSA) is 83.3 Å². The molecule has 1 saturated heterocycles. The van der Waals surface area contributed by atoms with Crippen LogP contribution in [-0.2, 0) is 9.59 Å². The summed E-state index contributed by atoms with van der Waals surface area (Å²) in [7, 11) is 7.09. The van der Waals surface area contributed by atoms with Crippen LogP contribution < -0.4 is 19.5 Å². The van der Waals surface area contributed by atoms with Crippen molar-refractivity contribution in [1.29, 1.82) is 0 Å². The predicted octanol–water partition coefficient (Wildman–Crippen LogP) is 1.22. The maximum absolute atomic E-state index is 13.5. The lowest BCUT2D eigenvalue weighted by molar-refractivity contribution is -0.858. The van der Waals surface area contributed by atoms with E-state index in [1.165, 1.54) is 24.0 Å². The first-order valence-corrected chi connectivity index (χ1v) is 11.1. The minimum Gasteiger partial charge on any atom is -0.872 e. The lowest BCUT2D eigenvalue weighted by Gasteiger charge is -2.29. The molecule has 7 nitrogen and oxygen atoms in total. The number of quaternary nitrogens is 1. The number of ether oxygens (including phenoxy) is 2. The third-order valence-electron chi connectivity index (χ3n) is 5.44. The second kappa shape index (κ2) is 10.2. The Morgan fingerprint density at radius 1 is 1.09 bits per heavy atom. The van der Waals surface area contributed by atoms with Crippen molar-refractivity contribution in [3.63, 3.8) is 0 Å². The Morgan fingerprint density at radius 2 is 1.78 bits per heavy atom. The quantitative estimate of drug-likeness (QED) is 0.333. The van der Waals surface area contributed by atoms with Crippen LogP contribution in [0.5, 0.6) is 11.5 Å². The summed E-state index contributed by atoms with van der Waals surface area (Å²) in [6.07, 6.45) is 0.684. The molecule has 1 fully saturated rings. The number of benzene rings is 2. The molecule has 1 N–H and O–H groups in total. The van der Waals surface area contributed by atoms with E-state index in [1.54, 1.807) is 42.5 Å². The van der Waals surface area contributed by atoms with Gasteiger partial charge in [0.15, 0.2) is 0 Å². The number of ketones is 1. The molecular formula is C24H27BrN2O5. The summed E-state index contributed by atoms with van der Waals surface area (Å²) < 4.78 is 11.7. The van der Waals surface area contributed by atoms with Gasteiger partial charge in [-0.05, 0) is 35.9 Å². The first kappa shape index (κ1) is 23.8. The smallest absolute Gasteiger partial charge is 0.295 e. The number of rotatable bonds is 8. The van der Waals surface area contributed by atoms with Gasteiger partial charge in [0.1, 0.15) is 11.5 Å². The van der Waals surface area contributed by atoms with Crippen molar-refractivity contribution in [3.05, 3.63) is 63.6 Å². The highest BCUT2D eigenvalue weighted by atomic mass is 79.9. The Hall–Kier alpha value is -2.84. The highest BCUT2D eigenvalue weighted by Crippen LogP contribution is 2.43. The van der Waals surface area contributed by atoms with Gasteiger partial charge >= 0.3 is 0 Å². The second-order valence-corrected chi connectivity index (χ2v) is 8.81. The molecule has 0 saturated carbocycles. The Bertz CT molecular complexity index is 1030. The van der Waals surface area contributed by atoms with Crippen molar-refractivity contribution in [2.24, 2.45) is 0 Å². The molecule has 2 aromatic rings. The summed E-state index contributed by atoms with van der Waals surface area (Å²) in [5.74, 6) is -0.895. The first-order valence-electron chi connectivity index (χ1n) is 10.3. The van der Waals surface area contributed by atoms with Crippen LogP contribution in [0.1, 0.15) is 23.6 Å². The molecule has 1 unspecified atom stereocenters. The van der Waals surface area contributed by atoms with Gasteiger partial charge in [-0.2, -0.15) is 0 Å². The Balaban J connectivity index is 2.18. The van der Waals surface area contributed by atoms with Gasteiger partial charge in [-0.25, -0.2) is 0 Å². The number of likely N-dealkylation sites (tertiary alicyclic amines) is 1. The zero-order chi connectivity index (χ0) is 23.4. The average molecular weight is 503 g/mol. The first-order chi connectivity index (χ1) is 15.3. The van der Waals surface area contributed by atoms with Crippen molar-refractivity contribution in [2.45, 2.75) is 12.5 Å². The minimum atomic E-state index is -0.853. The van der Waals surface area contributed by atoms with Crippen LogP contribution in [-0.4, -0.2) is 58.0 Å². The van der Waals surface area contributed by atoms with E-state index in [0.717, 1.165) is 11.0 Å². The fourth-order valence-electron chi connectivity index (χ4n) is 3.84. The third kappa shape index (κ3) is 4.81. The zero-order valence-corrected chi connectivity index (χ0v) is 20.2. The van der Waals surface area contributed by atoms with Crippen molar-refractivity contribution < 1.29 is 29.1 Å². The largest absolute Gasteiger partial charge is 0.872 e. The Morgan fingerprint density at radius 3 is 2.38 bits per heavy atom. The number of hydrogen-bond acceptors (Lipinski definition) is 5. The van der Waals surface area contributed by atoms with E-state index in [2.05, 4.69) is 15.9 Å². The van der Waals surface area contributed by atoms with E-state index in [0.29, 0.717) is 35.6 Å². The highest BCUT2D eigenvalue weighted by molar-refractivity contribution is 9.10. The van der Waals surface area contributed by atoms with Crippen molar-refractivity contribution in [1.82, 2.24) is 4.90 Å². The second-order valence-electron chi connectivity index (χ2n) is 7.90. The van der Waals surface area contributed by atoms with E-state index < -0.39 is 23.5 Å². The van der Waals surface area contributed by atoms with E-state index in [9.17, 15) is 14.7 Å². The molecule has 32 heavy (non-hydrogen) atoms. The van der Waals surface area contributed by atoms with Gasteiger partial charge in [0.05, 0.1) is 40.9 Å². The minimum absolute atomic E-state index is 0.0684. The number of carbonyl (C=O) groups is 2. The van der Waals surface area contributed by atoms with Crippen LogP contribution >= 0.6 is 15.9 Å². The van der Waals surface area contributed by atoms with Crippen LogP contribution in [0.4, 0.5) is 0 Å². The lowest BCUT2D eigenvalue weighted by atomic mass is 9.94. The molecule has 1 aliphatic heterocycles. The van der Waals surface area contributed by atoms with E-state index in [-0.39, 0.29) is 5.57 Å². The standard InChI is InChI=1S/C24H27BrN2O5/c1-26(2)12-5-13-27-21(18-14-17(31-3)10-11-19(18)32-4)20(23(29)24(27)30)22(28)15-6-8-16(25)9-7-15/h6-11,14,21,28H,5,12-13H2,1-4H3. The van der Waals surface area contributed by atoms with Gasteiger partial charge in [-0.3, -0.25) is 9.59 Å². The number of nitrogens with one attached hydrogen (secondary N) is 1. The van der Waals surface area contributed by atoms with E-state index in [4.69, 9.17) is 9.47 Å². The van der Waals surface area contributed by atoms with E-state index >= 15 is 0 Å². The number of methoxy groups -OCH3 is 2. The van der Waals surface area contributed by atoms with Crippen LogP contribution in [0, 0.1) is 0 Å². The number of carbonyl (C=O) groups excluding carboxylic acids is 2. The highest BCUT2D eigenvalue weighted by Gasteiger charge is 2.45. The molecular weight excluding hydrogens is 476 g/mol. The summed E-state index contributed by atoms with van der Waals surface area (Å²) in [6.45, 7) is 1.16. The molecule has 1 heterocycles. The maximum Gasteiger partial charge on any atom is 0.295 e. The number of amides is 1. The molecule has 1 atom stereocenters. The van der Waals surface area contributed by atoms with Gasteiger partial charge in [-0.1, -0.05) is 33.8 Å². The molecule has 0 radical (unpaired) electrons. The fraction of sp³-hybridized carbons (Fsp3) is 0.333. The SMILES string of the molecule is COc1ccc(OC)c(C2C(=C([O-])c3ccc(Br)cc3)C(=O)C(=O)N2CCC[NH+](C)C)c1. The monoisotopic (exact) mass is 502 g/mol. The molecule has 170 valence electrons. The summed E-state index contributed by atoms with van der Waals surface area (Å²) in [6, 6.07) is 11.0. The van der Waals surface area contributed by atoms with Crippen LogP contribution in [0.2, 0.25) is 0 Å². The van der Waals surface area contributed by atoms with Gasteiger partial charge in [0, 0.05) is 28.6 Å². The number of halogens is 1. The fourth-order valence-corrected chi connectivity index (χ4v) is 4.10. The van der Waals surface area contributed by atoms with Crippen molar-refractivity contribution in [3.8, 4) is 11.5 Å². The molecule has 8 heteroatoms. The summed E-state index contributed by atoms with van der Waals surface area (Å²) in [5.41, 5.74) is 0.820. The summed E-state index contributed by atoms with van der Waals surface area (Å²) >= 11 is 3.35. The number of hydrogen-bond donors (Lipinski definition) is 1. The maximum atomic E-state index is 13.5. The Kier molecular flexibility index (Phi) is 7.58. The molecule has 1 aliphatic rings. The molecule has 0 spiro atoms. The average Bonchev–Trinajstić information content (AvgIpc) is 3.03. The summed E-state index contributed by atoms with van der Waals surface area (Å²) in [5, 5.41) is 13.5.